The van der Waals surface area contributed by atoms with Crippen LogP contribution in [0, 0.1) is 6.92 Å². The molecule has 1 saturated carbocycles. The maximum Gasteiger partial charge on any atom is 0.356 e. The molecule has 1 aliphatic rings. The van der Waals surface area contributed by atoms with Crippen molar-refractivity contribution in [2.75, 3.05) is 7.11 Å². The summed E-state index contributed by atoms with van der Waals surface area (Å²) < 4.78 is 6.94. The van der Waals surface area contributed by atoms with E-state index in [-0.39, 0.29) is 5.69 Å². The lowest BCUT2D eigenvalue weighted by molar-refractivity contribution is 0.400. The lowest BCUT2D eigenvalue weighted by Crippen LogP contribution is -2.23. The van der Waals surface area contributed by atoms with E-state index in [4.69, 9.17) is 4.74 Å². The number of benzene rings is 1. The van der Waals surface area contributed by atoms with Crippen molar-refractivity contribution < 1.29 is 4.74 Å². The van der Waals surface area contributed by atoms with E-state index in [1.807, 2.05) is 25.1 Å². The summed E-state index contributed by atoms with van der Waals surface area (Å²) in [5, 5.41) is 0.833. The number of aryl methyl sites for hydroxylation is 1. The molecule has 116 valence electrons. The number of ether oxygens (including phenoxy) is 1. The molecule has 0 saturated heterocycles. The fraction of sp³-hybridized carbons (Fsp3) is 0.278. The standard InChI is InChI=1S/C18H17N3O2/c1-11-15(4-3-9-19-11)21-16-10-13(12-5-6-12)7-8-14(16)17(23-2)20-18(21)22/h3-4,7-10,12H,5-6H2,1-2H3. The third-order valence-electron chi connectivity index (χ3n) is 4.34. The van der Waals surface area contributed by atoms with Crippen molar-refractivity contribution in [2.24, 2.45) is 0 Å². The number of pyridine rings is 1. The lowest BCUT2D eigenvalue weighted by atomic mass is 10.1. The van der Waals surface area contributed by atoms with E-state index in [2.05, 4.69) is 22.1 Å². The Morgan fingerprint density at radius 1 is 1.26 bits per heavy atom. The summed E-state index contributed by atoms with van der Waals surface area (Å²) in [5.41, 5.74) is 3.28. The summed E-state index contributed by atoms with van der Waals surface area (Å²) in [6, 6.07) is 9.91. The number of aromatic nitrogens is 3. The van der Waals surface area contributed by atoms with Gasteiger partial charge in [0.15, 0.2) is 0 Å². The molecule has 4 rings (SSSR count). The zero-order valence-corrected chi connectivity index (χ0v) is 13.1. The molecule has 2 heterocycles. The van der Waals surface area contributed by atoms with Crippen LogP contribution < -0.4 is 10.4 Å². The second-order valence-corrected chi connectivity index (χ2v) is 5.90. The Bertz CT molecular complexity index is 958. The number of hydrogen-bond acceptors (Lipinski definition) is 4. The van der Waals surface area contributed by atoms with Crippen LogP contribution in [0.4, 0.5) is 0 Å². The number of hydrogen-bond donors (Lipinski definition) is 0. The van der Waals surface area contributed by atoms with Crippen LogP contribution in [-0.4, -0.2) is 21.6 Å². The minimum Gasteiger partial charge on any atom is -0.480 e. The van der Waals surface area contributed by atoms with Crippen molar-refractivity contribution >= 4 is 10.9 Å². The van der Waals surface area contributed by atoms with Gasteiger partial charge in [0.05, 0.1) is 29.4 Å². The van der Waals surface area contributed by atoms with Crippen LogP contribution in [0.25, 0.3) is 16.6 Å². The first-order chi connectivity index (χ1) is 11.2. The van der Waals surface area contributed by atoms with Crippen LogP contribution >= 0.6 is 0 Å². The fourth-order valence-electron chi connectivity index (χ4n) is 2.99. The minimum absolute atomic E-state index is 0.349. The van der Waals surface area contributed by atoms with Crippen molar-refractivity contribution in [1.82, 2.24) is 14.5 Å². The molecule has 0 N–H and O–H groups in total. The van der Waals surface area contributed by atoms with Crippen molar-refractivity contribution in [1.29, 1.82) is 0 Å². The Labute approximate surface area is 133 Å². The first-order valence-corrected chi connectivity index (χ1v) is 7.71. The molecular weight excluding hydrogens is 290 g/mol. The van der Waals surface area contributed by atoms with Crippen molar-refractivity contribution in [2.45, 2.75) is 25.7 Å². The minimum atomic E-state index is -0.349. The molecule has 3 aromatic rings. The number of nitrogens with zero attached hydrogens (tertiary/aromatic N) is 3. The smallest absolute Gasteiger partial charge is 0.356 e. The van der Waals surface area contributed by atoms with Crippen LogP contribution in [-0.2, 0) is 0 Å². The SMILES string of the molecule is COc1nc(=O)n(-c2cccnc2C)c2cc(C3CC3)ccc12. The molecule has 1 aromatic carbocycles. The Balaban J connectivity index is 2.09. The Kier molecular flexibility index (Phi) is 3.15. The van der Waals surface area contributed by atoms with Crippen molar-refractivity contribution in [3.8, 4) is 11.6 Å². The highest BCUT2D eigenvalue weighted by atomic mass is 16.5. The van der Waals surface area contributed by atoms with Gasteiger partial charge in [0.25, 0.3) is 0 Å². The zero-order valence-electron chi connectivity index (χ0n) is 13.1. The Morgan fingerprint density at radius 2 is 2.09 bits per heavy atom. The quantitative estimate of drug-likeness (QED) is 0.746. The first-order valence-electron chi connectivity index (χ1n) is 7.71. The molecule has 5 heteroatoms. The summed E-state index contributed by atoms with van der Waals surface area (Å²) in [7, 11) is 1.54. The third kappa shape index (κ3) is 2.29. The fourth-order valence-corrected chi connectivity index (χ4v) is 2.99. The first kappa shape index (κ1) is 13.9. The highest BCUT2D eigenvalue weighted by molar-refractivity contribution is 5.86. The van der Waals surface area contributed by atoms with Gasteiger partial charge in [-0.05, 0) is 55.5 Å². The molecule has 1 aliphatic carbocycles. The van der Waals surface area contributed by atoms with Gasteiger partial charge < -0.3 is 4.74 Å². The average Bonchev–Trinajstić information content (AvgIpc) is 3.40. The average molecular weight is 307 g/mol. The predicted octanol–water partition coefficient (Wildman–Crippen LogP) is 2.98. The molecule has 0 aliphatic heterocycles. The molecular formula is C18H17N3O2. The van der Waals surface area contributed by atoms with Gasteiger partial charge in [-0.25, -0.2) is 4.79 Å². The molecule has 0 amide bonds. The van der Waals surface area contributed by atoms with E-state index in [1.54, 1.807) is 10.8 Å². The number of methoxy groups -OCH3 is 1. The maximum absolute atomic E-state index is 12.6. The molecule has 0 unspecified atom stereocenters. The van der Waals surface area contributed by atoms with E-state index >= 15 is 0 Å². The number of rotatable bonds is 3. The molecule has 0 bridgehead atoms. The van der Waals surface area contributed by atoms with E-state index in [0.717, 1.165) is 22.3 Å². The Hall–Kier alpha value is -2.69. The van der Waals surface area contributed by atoms with E-state index in [0.29, 0.717) is 11.8 Å². The summed E-state index contributed by atoms with van der Waals surface area (Å²) >= 11 is 0. The summed E-state index contributed by atoms with van der Waals surface area (Å²) in [5.74, 6) is 0.974. The summed E-state index contributed by atoms with van der Waals surface area (Å²) in [4.78, 5) is 21.0. The largest absolute Gasteiger partial charge is 0.480 e. The van der Waals surface area contributed by atoms with Crippen LogP contribution in [0.1, 0.15) is 30.0 Å². The highest BCUT2D eigenvalue weighted by Gasteiger charge is 2.24. The van der Waals surface area contributed by atoms with Gasteiger partial charge in [-0.15, -0.1) is 0 Å². The van der Waals surface area contributed by atoms with Crippen LogP contribution in [0.5, 0.6) is 5.88 Å². The zero-order chi connectivity index (χ0) is 16.0. The summed E-state index contributed by atoms with van der Waals surface area (Å²) in [6.07, 6.45) is 4.15. The molecule has 1 fully saturated rings. The Morgan fingerprint density at radius 3 is 2.78 bits per heavy atom. The molecule has 0 atom stereocenters. The predicted molar refractivity (Wildman–Crippen MR) is 88.4 cm³/mol. The van der Waals surface area contributed by atoms with Gasteiger partial charge in [-0.1, -0.05) is 6.07 Å². The van der Waals surface area contributed by atoms with Crippen molar-refractivity contribution in [3.05, 3.63) is 58.3 Å². The van der Waals surface area contributed by atoms with Gasteiger partial charge >= 0.3 is 5.69 Å². The van der Waals surface area contributed by atoms with Gasteiger partial charge in [0, 0.05) is 6.20 Å². The van der Waals surface area contributed by atoms with Crippen molar-refractivity contribution in [3.63, 3.8) is 0 Å². The van der Waals surface area contributed by atoms with Gasteiger partial charge in [-0.2, -0.15) is 4.98 Å². The topological polar surface area (TPSA) is 57.0 Å². The number of fused-ring (bicyclic) bond motifs is 1. The summed E-state index contributed by atoms with van der Waals surface area (Å²) in [6.45, 7) is 1.89. The molecule has 0 radical (unpaired) electrons. The van der Waals surface area contributed by atoms with Crippen LogP contribution in [0.3, 0.4) is 0 Å². The van der Waals surface area contributed by atoms with E-state index in [1.165, 1.54) is 25.5 Å². The van der Waals surface area contributed by atoms with Crippen LogP contribution in [0.2, 0.25) is 0 Å². The van der Waals surface area contributed by atoms with Gasteiger partial charge in [0.2, 0.25) is 5.88 Å². The van der Waals surface area contributed by atoms with E-state index in [9.17, 15) is 4.79 Å². The van der Waals surface area contributed by atoms with Gasteiger partial charge in [0.1, 0.15) is 0 Å². The molecule has 2 aromatic heterocycles. The normalized spacial score (nSPS) is 14.2. The third-order valence-corrected chi connectivity index (χ3v) is 4.34. The monoisotopic (exact) mass is 307 g/mol. The van der Waals surface area contributed by atoms with E-state index < -0.39 is 0 Å². The molecule has 23 heavy (non-hydrogen) atoms. The maximum atomic E-state index is 12.6. The van der Waals surface area contributed by atoms with Gasteiger partial charge in [-0.3, -0.25) is 9.55 Å². The lowest BCUT2D eigenvalue weighted by Gasteiger charge is -2.14. The van der Waals surface area contributed by atoms with Crippen LogP contribution in [0.15, 0.2) is 41.3 Å². The second kappa shape index (κ2) is 5.19. The highest BCUT2D eigenvalue weighted by Crippen LogP contribution is 2.41. The molecule has 0 spiro atoms. The second-order valence-electron chi connectivity index (χ2n) is 5.90. The molecule has 5 nitrogen and oxygen atoms in total.